The lowest BCUT2D eigenvalue weighted by Gasteiger charge is -2.04. The molecule has 0 aliphatic carbocycles. The number of thiophene rings is 1. The van der Waals surface area contributed by atoms with Crippen molar-refractivity contribution in [2.75, 3.05) is 6.79 Å². The van der Waals surface area contributed by atoms with E-state index in [4.69, 9.17) is 25.6 Å². The van der Waals surface area contributed by atoms with Gasteiger partial charge in [-0.1, -0.05) is 22.8 Å². The van der Waals surface area contributed by atoms with Gasteiger partial charge in [0.15, 0.2) is 11.5 Å². The number of ether oxygens (including phenoxy) is 2. The Morgan fingerprint density at radius 3 is 3.09 bits per heavy atom. The van der Waals surface area contributed by atoms with Crippen molar-refractivity contribution in [1.29, 1.82) is 0 Å². The van der Waals surface area contributed by atoms with Gasteiger partial charge in [0.25, 0.3) is 0 Å². The molecule has 4 rings (SSSR count). The predicted octanol–water partition coefficient (Wildman–Crippen LogP) is 4.61. The number of rotatable bonds is 5. The fourth-order valence-corrected chi connectivity index (χ4v) is 3.91. The molecular formula is C15H11ClN2O3S2. The number of thioether (sulfide) groups is 1. The van der Waals surface area contributed by atoms with Crippen LogP contribution in [0.3, 0.4) is 0 Å². The molecule has 0 saturated heterocycles. The van der Waals surface area contributed by atoms with E-state index in [1.54, 1.807) is 23.1 Å². The van der Waals surface area contributed by atoms with Crippen LogP contribution in [0.4, 0.5) is 0 Å². The minimum Gasteiger partial charge on any atom is -0.454 e. The minimum atomic E-state index is 0.221. The molecule has 0 bridgehead atoms. The standard InChI is InChI=1S/C15H11ClN2O3S2/c16-10-4-9(5-11-14(10)20-8-19-11)6-22-7-13-17-15(18-21-13)12-2-1-3-23-12/h1-5H,6-8H2. The van der Waals surface area contributed by atoms with Crippen molar-refractivity contribution in [3.63, 3.8) is 0 Å². The highest BCUT2D eigenvalue weighted by molar-refractivity contribution is 7.97. The number of benzene rings is 1. The number of halogens is 1. The van der Waals surface area contributed by atoms with Gasteiger partial charge in [0.1, 0.15) is 0 Å². The van der Waals surface area contributed by atoms with Gasteiger partial charge in [-0.05, 0) is 29.1 Å². The number of fused-ring (bicyclic) bond motifs is 1. The van der Waals surface area contributed by atoms with Gasteiger partial charge >= 0.3 is 0 Å². The third-order valence-corrected chi connectivity index (χ3v) is 5.33. The molecule has 0 spiro atoms. The van der Waals surface area contributed by atoms with Crippen LogP contribution in [0.2, 0.25) is 5.02 Å². The monoisotopic (exact) mass is 366 g/mol. The van der Waals surface area contributed by atoms with E-state index in [0.29, 0.717) is 34.0 Å². The molecule has 0 amide bonds. The Bertz CT molecular complexity index is 820. The van der Waals surface area contributed by atoms with Crippen molar-refractivity contribution in [3.8, 4) is 22.2 Å². The second-order valence-corrected chi connectivity index (χ2v) is 7.13. The highest BCUT2D eigenvalue weighted by Crippen LogP contribution is 2.40. The Labute approximate surface area is 145 Å². The SMILES string of the molecule is Clc1cc(CSCc2nc(-c3cccs3)no2)cc2c1OCO2. The second-order valence-electron chi connectivity index (χ2n) is 4.79. The smallest absolute Gasteiger partial charge is 0.236 e. The van der Waals surface area contributed by atoms with E-state index >= 15 is 0 Å². The molecule has 0 unspecified atom stereocenters. The van der Waals surface area contributed by atoms with Crippen molar-refractivity contribution < 1.29 is 14.0 Å². The lowest BCUT2D eigenvalue weighted by Crippen LogP contribution is -1.93. The summed E-state index contributed by atoms with van der Waals surface area (Å²) in [6, 6.07) is 7.79. The molecule has 3 heterocycles. The molecule has 23 heavy (non-hydrogen) atoms. The fraction of sp³-hybridized carbons (Fsp3) is 0.200. The summed E-state index contributed by atoms with van der Waals surface area (Å²) in [6.45, 7) is 0.221. The molecule has 1 aliphatic heterocycles. The molecule has 0 atom stereocenters. The highest BCUT2D eigenvalue weighted by atomic mass is 35.5. The van der Waals surface area contributed by atoms with E-state index in [9.17, 15) is 0 Å². The van der Waals surface area contributed by atoms with Crippen LogP contribution in [0, 0.1) is 0 Å². The summed E-state index contributed by atoms with van der Waals surface area (Å²) < 4.78 is 16.0. The van der Waals surface area contributed by atoms with E-state index in [2.05, 4.69) is 10.1 Å². The molecule has 0 radical (unpaired) electrons. The zero-order valence-corrected chi connectivity index (χ0v) is 14.2. The molecule has 0 fully saturated rings. The summed E-state index contributed by atoms with van der Waals surface area (Å²) in [4.78, 5) is 5.41. The molecule has 0 N–H and O–H groups in total. The highest BCUT2D eigenvalue weighted by Gasteiger charge is 2.18. The van der Waals surface area contributed by atoms with Crippen molar-refractivity contribution in [2.24, 2.45) is 0 Å². The van der Waals surface area contributed by atoms with Gasteiger partial charge < -0.3 is 14.0 Å². The van der Waals surface area contributed by atoms with E-state index in [1.807, 2.05) is 29.6 Å². The quantitative estimate of drug-likeness (QED) is 0.657. The van der Waals surface area contributed by atoms with Crippen molar-refractivity contribution in [1.82, 2.24) is 10.1 Å². The van der Waals surface area contributed by atoms with Crippen LogP contribution in [0.15, 0.2) is 34.2 Å². The van der Waals surface area contributed by atoms with Gasteiger partial charge in [0.05, 0.1) is 15.7 Å². The first-order valence-corrected chi connectivity index (χ1v) is 9.23. The number of nitrogens with zero attached hydrogens (tertiary/aromatic N) is 2. The molecule has 5 nitrogen and oxygen atoms in total. The molecule has 8 heteroatoms. The van der Waals surface area contributed by atoms with Crippen molar-refractivity contribution in [3.05, 3.63) is 46.1 Å². The Hall–Kier alpha value is -1.70. The Balaban J connectivity index is 1.38. The molecule has 3 aromatic rings. The Kier molecular flexibility index (Phi) is 4.15. The average molecular weight is 367 g/mol. The lowest BCUT2D eigenvalue weighted by atomic mass is 10.2. The molecule has 118 valence electrons. The topological polar surface area (TPSA) is 57.4 Å². The van der Waals surface area contributed by atoms with Gasteiger partial charge in [0, 0.05) is 5.75 Å². The van der Waals surface area contributed by atoms with Crippen LogP contribution in [0.25, 0.3) is 10.7 Å². The average Bonchev–Trinajstić information content (AvgIpc) is 3.28. The third kappa shape index (κ3) is 3.17. The maximum atomic E-state index is 6.18. The lowest BCUT2D eigenvalue weighted by molar-refractivity contribution is 0.174. The molecule has 0 saturated carbocycles. The Morgan fingerprint density at radius 1 is 1.26 bits per heavy atom. The zero-order chi connectivity index (χ0) is 15.6. The van der Waals surface area contributed by atoms with Gasteiger partial charge in [-0.3, -0.25) is 0 Å². The van der Waals surface area contributed by atoms with Crippen LogP contribution in [0.5, 0.6) is 11.5 Å². The van der Waals surface area contributed by atoms with Crippen LogP contribution in [-0.2, 0) is 11.5 Å². The Morgan fingerprint density at radius 2 is 2.22 bits per heavy atom. The van der Waals surface area contributed by atoms with Gasteiger partial charge in [-0.25, -0.2) is 0 Å². The van der Waals surface area contributed by atoms with Crippen LogP contribution < -0.4 is 9.47 Å². The van der Waals surface area contributed by atoms with E-state index in [0.717, 1.165) is 16.2 Å². The number of hydrogen-bond donors (Lipinski definition) is 0. The maximum absolute atomic E-state index is 6.18. The summed E-state index contributed by atoms with van der Waals surface area (Å²) in [7, 11) is 0. The molecule has 2 aromatic heterocycles. The number of aromatic nitrogens is 2. The first-order chi connectivity index (χ1) is 11.3. The first-order valence-electron chi connectivity index (χ1n) is 6.82. The van der Waals surface area contributed by atoms with Crippen molar-refractivity contribution >= 4 is 34.7 Å². The summed E-state index contributed by atoms with van der Waals surface area (Å²) in [5.74, 6) is 3.99. The molecular weight excluding hydrogens is 356 g/mol. The zero-order valence-electron chi connectivity index (χ0n) is 11.8. The summed E-state index contributed by atoms with van der Waals surface area (Å²) >= 11 is 9.44. The van der Waals surface area contributed by atoms with Crippen LogP contribution in [0.1, 0.15) is 11.5 Å². The van der Waals surface area contributed by atoms with Gasteiger partial charge in [0.2, 0.25) is 18.5 Å². The molecule has 1 aromatic carbocycles. The van der Waals surface area contributed by atoms with E-state index < -0.39 is 0 Å². The predicted molar refractivity (Wildman–Crippen MR) is 90.2 cm³/mol. The summed E-state index contributed by atoms with van der Waals surface area (Å²) in [5, 5.41) is 6.57. The van der Waals surface area contributed by atoms with Crippen LogP contribution in [-0.4, -0.2) is 16.9 Å². The normalized spacial score (nSPS) is 12.7. The molecule has 1 aliphatic rings. The van der Waals surface area contributed by atoms with Gasteiger partial charge in [-0.2, -0.15) is 4.98 Å². The second kappa shape index (κ2) is 6.43. The van der Waals surface area contributed by atoms with E-state index in [-0.39, 0.29) is 6.79 Å². The maximum Gasteiger partial charge on any atom is 0.236 e. The van der Waals surface area contributed by atoms with Crippen LogP contribution >= 0.6 is 34.7 Å². The summed E-state index contributed by atoms with van der Waals surface area (Å²) in [5.41, 5.74) is 1.07. The van der Waals surface area contributed by atoms with Gasteiger partial charge in [-0.15, -0.1) is 23.1 Å². The minimum absolute atomic E-state index is 0.221. The van der Waals surface area contributed by atoms with E-state index in [1.165, 1.54) is 0 Å². The van der Waals surface area contributed by atoms with Crippen molar-refractivity contribution in [2.45, 2.75) is 11.5 Å². The largest absolute Gasteiger partial charge is 0.454 e. The number of hydrogen-bond acceptors (Lipinski definition) is 7. The summed E-state index contributed by atoms with van der Waals surface area (Å²) in [6.07, 6.45) is 0. The third-order valence-electron chi connectivity index (χ3n) is 3.19. The first kappa shape index (κ1) is 14.9. The fourth-order valence-electron chi connectivity index (χ4n) is 2.18.